The number of phenolic OH excluding ortho intramolecular Hbond substituents is 1. The lowest BCUT2D eigenvalue weighted by molar-refractivity contribution is -0.133. The summed E-state index contributed by atoms with van der Waals surface area (Å²) < 4.78 is 13.9. The molecular weight excluding hydrogens is 419 g/mol. The van der Waals surface area contributed by atoms with Gasteiger partial charge in [0.05, 0.1) is 0 Å². The monoisotopic (exact) mass is 446 g/mol. The summed E-state index contributed by atoms with van der Waals surface area (Å²) in [7, 11) is 0. The largest absolute Gasteiger partial charge is 0.508 e. The Morgan fingerprint density at radius 3 is 2.45 bits per heavy atom. The van der Waals surface area contributed by atoms with E-state index in [0.717, 1.165) is 11.1 Å². The highest BCUT2D eigenvalue weighted by Gasteiger charge is 2.52. The number of nitrogens with zero attached hydrogens (tertiary/aromatic N) is 1. The van der Waals surface area contributed by atoms with Gasteiger partial charge in [-0.15, -0.1) is 0 Å². The lowest BCUT2D eigenvalue weighted by atomic mass is 9.88. The van der Waals surface area contributed by atoms with Crippen molar-refractivity contribution in [3.05, 3.63) is 89.2 Å². The quantitative estimate of drug-likeness (QED) is 0.594. The zero-order chi connectivity index (χ0) is 24.0. The number of fused-ring (bicyclic) bond motifs is 1. The summed E-state index contributed by atoms with van der Waals surface area (Å²) in [6.45, 7) is 7.50. The van der Waals surface area contributed by atoms with E-state index in [1.54, 1.807) is 19.1 Å². The van der Waals surface area contributed by atoms with Gasteiger partial charge >= 0.3 is 0 Å². The summed E-state index contributed by atoms with van der Waals surface area (Å²) >= 11 is 0. The van der Waals surface area contributed by atoms with E-state index < -0.39 is 11.1 Å². The minimum atomic E-state index is -1.29. The molecule has 170 valence electrons. The Morgan fingerprint density at radius 2 is 1.76 bits per heavy atom. The van der Waals surface area contributed by atoms with E-state index in [9.17, 15) is 19.1 Å². The Labute approximate surface area is 192 Å². The maximum atomic E-state index is 13.9. The summed E-state index contributed by atoms with van der Waals surface area (Å²) in [6.07, 6.45) is 0. The summed E-state index contributed by atoms with van der Waals surface area (Å²) in [5.41, 5.74) is 1.29. The number of benzene rings is 3. The van der Waals surface area contributed by atoms with Crippen LogP contribution in [-0.2, 0) is 16.9 Å². The summed E-state index contributed by atoms with van der Waals surface area (Å²) in [5.74, 6) is -1.04. The second-order valence-corrected chi connectivity index (χ2v) is 9.57. The lowest BCUT2D eigenvalue weighted by Gasteiger charge is -2.37. The van der Waals surface area contributed by atoms with Gasteiger partial charge in [0.25, 0.3) is 11.8 Å². The van der Waals surface area contributed by atoms with E-state index in [-0.39, 0.29) is 29.9 Å². The van der Waals surface area contributed by atoms with Crippen molar-refractivity contribution >= 4 is 11.8 Å². The van der Waals surface area contributed by atoms with E-state index >= 15 is 0 Å². The van der Waals surface area contributed by atoms with Crippen molar-refractivity contribution in [2.75, 3.05) is 0 Å². The number of phenols is 1. The molecule has 5 nitrogen and oxygen atoms in total. The maximum Gasteiger partial charge on any atom is 0.255 e. The molecular formula is C27H27FN2O3. The Balaban J connectivity index is 1.82. The number of rotatable bonds is 4. The van der Waals surface area contributed by atoms with Crippen LogP contribution in [0.15, 0.2) is 66.7 Å². The molecule has 4 rings (SSSR count). The number of hydrogen-bond acceptors (Lipinski definition) is 3. The van der Waals surface area contributed by atoms with Crippen molar-refractivity contribution < 1.29 is 19.1 Å². The van der Waals surface area contributed by atoms with Gasteiger partial charge in [-0.2, -0.15) is 0 Å². The van der Waals surface area contributed by atoms with Crippen molar-refractivity contribution in [2.45, 2.75) is 45.3 Å². The van der Waals surface area contributed by atoms with Crippen molar-refractivity contribution in [3.8, 4) is 16.9 Å². The molecule has 1 aliphatic rings. The van der Waals surface area contributed by atoms with Crippen LogP contribution in [0.25, 0.3) is 11.1 Å². The molecule has 1 aliphatic heterocycles. The standard InChI is InChI=1S/C27H27FN2O3/c1-26(2,3)29-25(33)27(4)23-13-12-20(31)15-22(23)24(32)30(27)16-18-8-5-6-11-21(18)17-9-7-10-19(28)14-17/h5-15,31H,16H2,1-4H3,(H,29,33). The van der Waals surface area contributed by atoms with E-state index in [1.807, 2.05) is 51.1 Å². The topological polar surface area (TPSA) is 69.6 Å². The van der Waals surface area contributed by atoms with Gasteiger partial charge in [0.2, 0.25) is 0 Å². The van der Waals surface area contributed by atoms with Crippen LogP contribution < -0.4 is 5.32 Å². The van der Waals surface area contributed by atoms with Gasteiger partial charge in [-0.3, -0.25) is 9.59 Å². The first-order chi connectivity index (χ1) is 15.5. The smallest absolute Gasteiger partial charge is 0.255 e. The minimum absolute atomic E-state index is 0.0392. The zero-order valence-electron chi connectivity index (χ0n) is 19.1. The molecule has 3 aromatic rings. The minimum Gasteiger partial charge on any atom is -0.508 e. The summed E-state index contributed by atoms with van der Waals surface area (Å²) in [6, 6.07) is 18.2. The van der Waals surface area contributed by atoms with Crippen LogP contribution in [-0.4, -0.2) is 27.4 Å². The van der Waals surface area contributed by atoms with Crippen LogP contribution in [0.2, 0.25) is 0 Å². The molecule has 0 spiro atoms. The molecule has 0 fully saturated rings. The van der Waals surface area contributed by atoms with Gasteiger partial charge in [0.1, 0.15) is 17.1 Å². The SMILES string of the molecule is CC(C)(C)NC(=O)C1(C)c2ccc(O)cc2C(=O)N1Cc1ccccc1-c1cccc(F)c1. The van der Waals surface area contributed by atoms with Crippen LogP contribution in [0.5, 0.6) is 5.75 Å². The van der Waals surface area contributed by atoms with Crippen molar-refractivity contribution in [2.24, 2.45) is 0 Å². The Morgan fingerprint density at radius 1 is 1.03 bits per heavy atom. The first kappa shape index (κ1) is 22.5. The van der Waals surface area contributed by atoms with Gasteiger partial charge in [0, 0.05) is 17.6 Å². The maximum absolute atomic E-state index is 13.9. The molecule has 0 saturated carbocycles. The third-order valence-electron chi connectivity index (χ3n) is 5.96. The van der Waals surface area contributed by atoms with Gasteiger partial charge in [-0.25, -0.2) is 4.39 Å². The molecule has 3 aromatic carbocycles. The lowest BCUT2D eigenvalue weighted by Crippen LogP contribution is -2.56. The molecule has 1 unspecified atom stereocenters. The number of nitrogens with one attached hydrogen (secondary N) is 1. The van der Waals surface area contributed by atoms with Crippen LogP contribution >= 0.6 is 0 Å². The normalized spacial score (nSPS) is 17.7. The van der Waals surface area contributed by atoms with E-state index in [0.29, 0.717) is 16.7 Å². The molecule has 2 amide bonds. The fraction of sp³-hybridized carbons (Fsp3) is 0.259. The van der Waals surface area contributed by atoms with E-state index in [1.165, 1.54) is 29.2 Å². The van der Waals surface area contributed by atoms with Gasteiger partial charge < -0.3 is 15.3 Å². The van der Waals surface area contributed by atoms with Crippen molar-refractivity contribution in [1.29, 1.82) is 0 Å². The fourth-order valence-electron chi connectivity index (χ4n) is 4.33. The first-order valence-corrected chi connectivity index (χ1v) is 10.8. The summed E-state index contributed by atoms with van der Waals surface area (Å²) in [4.78, 5) is 28.6. The number of hydrogen-bond donors (Lipinski definition) is 2. The Bertz CT molecular complexity index is 1250. The van der Waals surface area contributed by atoms with Crippen molar-refractivity contribution in [3.63, 3.8) is 0 Å². The molecule has 1 atom stereocenters. The highest BCUT2D eigenvalue weighted by molar-refractivity contribution is 6.07. The predicted octanol–water partition coefficient (Wildman–Crippen LogP) is 4.98. The predicted molar refractivity (Wildman–Crippen MR) is 125 cm³/mol. The van der Waals surface area contributed by atoms with E-state index in [2.05, 4.69) is 5.32 Å². The number of amides is 2. The Hall–Kier alpha value is -3.67. The molecule has 0 aromatic heterocycles. The molecule has 0 bridgehead atoms. The number of carbonyl (C=O) groups excluding carboxylic acids is 2. The van der Waals surface area contributed by atoms with Crippen molar-refractivity contribution in [1.82, 2.24) is 10.2 Å². The molecule has 2 N–H and O–H groups in total. The highest BCUT2D eigenvalue weighted by Crippen LogP contribution is 2.42. The molecule has 6 heteroatoms. The Kier molecular flexibility index (Phi) is 5.48. The molecule has 0 aliphatic carbocycles. The average Bonchev–Trinajstić information content (AvgIpc) is 2.95. The van der Waals surface area contributed by atoms with Gasteiger partial charge in [-0.05, 0) is 74.2 Å². The molecule has 33 heavy (non-hydrogen) atoms. The molecule has 0 radical (unpaired) electrons. The third kappa shape index (κ3) is 4.09. The average molecular weight is 447 g/mol. The van der Waals surface area contributed by atoms with Crippen LogP contribution in [0, 0.1) is 5.82 Å². The number of halogens is 1. The first-order valence-electron chi connectivity index (χ1n) is 10.8. The number of carbonyl (C=O) groups is 2. The van der Waals surface area contributed by atoms with Crippen LogP contribution in [0.4, 0.5) is 4.39 Å². The second kappa shape index (κ2) is 8.03. The van der Waals surface area contributed by atoms with E-state index in [4.69, 9.17) is 0 Å². The van der Waals surface area contributed by atoms with Gasteiger partial charge in [0.15, 0.2) is 0 Å². The van der Waals surface area contributed by atoms with Gasteiger partial charge in [-0.1, -0.05) is 42.5 Å². The second-order valence-electron chi connectivity index (χ2n) is 9.57. The fourth-order valence-corrected chi connectivity index (χ4v) is 4.33. The zero-order valence-corrected chi connectivity index (χ0v) is 19.1. The molecule has 1 heterocycles. The molecule has 0 saturated heterocycles. The highest BCUT2D eigenvalue weighted by atomic mass is 19.1. The number of aromatic hydroxyl groups is 1. The van der Waals surface area contributed by atoms with Crippen LogP contribution in [0.3, 0.4) is 0 Å². The van der Waals surface area contributed by atoms with Crippen LogP contribution in [0.1, 0.15) is 49.2 Å². The summed E-state index contributed by atoms with van der Waals surface area (Å²) in [5, 5.41) is 13.0. The third-order valence-corrected chi connectivity index (χ3v) is 5.96.